The van der Waals surface area contributed by atoms with Crippen molar-refractivity contribution in [2.24, 2.45) is 0 Å². The van der Waals surface area contributed by atoms with Crippen LogP contribution < -0.4 is 15.4 Å². The van der Waals surface area contributed by atoms with Gasteiger partial charge >= 0.3 is 6.03 Å². The molecule has 7 nitrogen and oxygen atoms in total. The van der Waals surface area contributed by atoms with E-state index in [1.54, 1.807) is 18.2 Å². The SMILES string of the molecule is Cc1cccc(COc2cccc(C(=O)NCCCN3C(=O)NC4(CCCC4)C3=O)c2)c1. The average molecular weight is 436 g/mol. The van der Waals surface area contributed by atoms with Gasteiger partial charge in [0, 0.05) is 18.7 Å². The Morgan fingerprint density at radius 3 is 2.69 bits per heavy atom. The molecular weight excluding hydrogens is 406 g/mol. The van der Waals surface area contributed by atoms with E-state index in [0.29, 0.717) is 50.3 Å². The van der Waals surface area contributed by atoms with Crippen molar-refractivity contribution in [2.45, 2.75) is 51.2 Å². The van der Waals surface area contributed by atoms with Gasteiger partial charge in [0.2, 0.25) is 0 Å². The highest BCUT2D eigenvalue weighted by atomic mass is 16.5. The van der Waals surface area contributed by atoms with Gasteiger partial charge in [0.05, 0.1) is 0 Å². The second-order valence-electron chi connectivity index (χ2n) is 8.59. The Hall–Kier alpha value is -3.35. The molecule has 2 fully saturated rings. The average Bonchev–Trinajstić information content (AvgIpc) is 3.35. The van der Waals surface area contributed by atoms with Crippen molar-refractivity contribution in [1.82, 2.24) is 15.5 Å². The zero-order chi connectivity index (χ0) is 22.6. The van der Waals surface area contributed by atoms with Crippen LogP contribution in [0.1, 0.15) is 53.6 Å². The van der Waals surface area contributed by atoms with E-state index in [0.717, 1.165) is 18.4 Å². The zero-order valence-corrected chi connectivity index (χ0v) is 18.4. The van der Waals surface area contributed by atoms with E-state index in [4.69, 9.17) is 4.74 Å². The van der Waals surface area contributed by atoms with Crippen molar-refractivity contribution < 1.29 is 19.1 Å². The number of nitrogens with zero attached hydrogens (tertiary/aromatic N) is 1. The van der Waals surface area contributed by atoms with E-state index >= 15 is 0 Å². The lowest BCUT2D eigenvalue weighted by Gasteiger charge is -2.20. The monoisotopic (exact) mass is 435 g/mol. The van der Waals surface area contributed by atoms with Crippen molar-refractivity contribution in [3.8, 4) is 5.75 Å². The summed E-state index contributed by atoms with van der Waals surface area (Å²) >= 11 is 0. The van der Waals surface area contributed by atoms with Gasteiger partial charge in [0.1, 0.15) is 17.9 Å². The molecule has 2 aliphatic rings. The maximum Gasteiger partial charge on any atom is 0.325 e. The summed E-state index contributed by atoms with van der Waals surface area (Å²) < 4.78 is 5.83. The molecule has 1 heterocycles. The van der Waals surface area contributed by atoms with Gasteiger partial charge in [-0.05, 0) is 49.9 Å². The number of benzene rings is 2. The fourth-order valence-corrected chi connectivity index (χ4v) is 4.43. The molecule has 0 atom stereocenters. The first kappa shape index (κ1) is 21.9. The molecule has 7 heteroatoms. The number of amides is 4. The lowest BCUT2D eigenvalue weighted by atomic mass is 9.98. The lowest BCUT2D eigenvalue weighted by molar-refractivity contribution is -0.131. The number of hydrogen-bond acceptors (Lipinski definition) is 4. The van der Waals surface area contributed by atoms with Gasteiger partial charge in [-0.1, -0.05) is 48.7 Å². The van der Waals surface area contributed by atoms with E-state index < -0.39 is 5.54 Å². The minimum absolute atomic E-state index is 0.121. The Bertz CT molecular complexity index is 1010. The summed E-state index contributed by atoms with van der Waals surface area (Å²) in [5.74, 6) is 0.292. The number of aryl methyl sites for hydroxylation is 1. The van der Waals surface area contributed by atoms with Crippen LogP contribution in [-0.2, 0) is 11.4 Å². The number of urea groups is 1. The summed E-state index contributed by atoms with van der Waals surface area (Å²) in [5, 5.41) is 5.73. The fourth-order valence-electron chi connectivity index (χ4n) is 4.43. The molecule has 2 aromatic carbocycles. The van der Waals surface area contributed by atoms with Crippen LogP contribution in [0.25, 0.3) is 0 Å². The molecule has 0 aromatic heterocycles. The predicted octanol–water partition coefficient (Wildman–Crippen LogP) is 3.56. The fraction of sp³-hybridized carbons (Fsp3) is 0.400. The minimum Gasteiger partial charge on any atom is -0.489 e. The molecule has 0 radical (unpaired) electrons. The zero-order valence-electron chi connectivity index (χ0n) is 18.4. The molecule has 1 saturated carbocycles. The quantitative estimate of drug-likeness (QED) is 0.490. The van der Waals surface area contributed by atoms with Gasteiger partial charge in [-0.15, -0.1) is 0 Å². The van der Waals surface area contributed by atoms with Gasteiger partial charge in [0.15, 0.2) is 0 Å². The Labute approximate surface area is 188 Å². The summed E-state index contributed by atoms with van der Waals surface area (Å²) in [6.07, 6.45) is 3.86. The van der Waals surface area contributed by atoms with E-state index in [-0.39, 0.29) is 17.8 Å². The molecule has 1 saturated heterocycles. The second-order valence-corrected chi connectivity index (χ2v) is 8.59. The van der Waals surface area contributed by atoms with Crippen molar-refractivity contribution in [3.05, 3.63) is 65.2 Å². The van der Waals surface area contributed by atoms with Crippen LogP contribution in [0.4, 0.5) is 4.79 Å². The molecule has 4 amide bonds. The smallest absolute Gasteiger partial charge is 0.325 e. The summed E-state index contributed by atoms with van der Waals surface area (Å²) in [5.41, 5.74) is 2.07. The van der Waals surface area contributed by atoms with Crippen LogP contribution in [-0.4, -0.2) is 41.4 Å². The van der Waals surface area contributed by atoms with Crippen molar-refractivity contribution in [3.63, 3.8) is 0 Å². The van der Waals surface area contributed by atoms with E-state index in [1.807, 2.05) is 31.2 Å². The molecule has 1 spiro atoms. The number of carbonyl (C=O) groups excluding carboxylic acids is 3. The van der Waals surface area contributed by atoms with Gasteiger partial charge < -0.3 is 15.4 Å². The highest BCUT2D eigenvalue weighted by molar-refractivity contribution is 6.07. The molecule has 168 valence electrons. The Morgan fingerprint density at radius 1 is 1.12 bits per heavy atom. The topological polar surface area (TPSA) is 87.7 Å². The Kier molecular flexibility index (Phi) is 6.44. The van der Waals surface area contributed by atoms with E-state index in [1.165, 1.54) is 10.5 Å². The Balaban J connectivity index is 1.24. The number of nitrogens with one attached hydrogen (secondary N) is 2. The van der Waals surface area contributed by atoms with E-state index in [9.17, 15) is 14.4 Å². The van der Waals surface area contributed by atoms with Crippen molar-refractivity contribution in [1.29, 1.82) is 0 Å². The van der Waals surface area contributed by atoms with Crippen LogP contribution in [0.2, 0.25) is 0 Å². The second kappa shape index (κ2) is 9.42. The van der Waals surface area contributed by atoms with Gasteiger partial charge in [0.25, 0.3) is 11.8 Å². The van der Waals surface area contributed by atoms with Crippen LogP contribution in [0.3, 0.4) is 0 Å². The van der Waals surface area contributed by atoms with Crippen LogP contribution >= 0.6 is 0 Å². The van der Waals surface area contributed by atoms with Crippen molar-refractivity contribution in [2.75, 3.05) is 13.1 Å². The lowest BCUT2D eigenvalue weighted by Crippen LogP contribution is -2.44. The summed E-state index contributed by atoms with van der Waals surface area (Å²) in [6, 6.07) is 14.8. The molecule has 4 rings (SSSR count). The van der Waals surface area contributed by atoms with Gasteiger partial charge in [-0.3, -0.25) is 14.5 Å². The minimum atomic E-state index is -0.681. The first-order valence-electron chi connectivity index (χ1n) is 11.2. The van der Waals surface area contributed by atoms with E-state index in [2.05, 4.69) is 16.7 Å². The highest BCUT2D eigenvalue weighted by Crippen LogP contribution is 2.35. The third kappa shape index (κ3) is 4.77. The normalized spacial score (nSPS) is 17.0. The predicted molar refractivity (Wildman–Crippen MR) is 120 cm³/mol. The first-order chi connectivity index (χ1) is 15.5. The third-order valence-electron chi connectivity index (χ3n) is 6.13. The number of rotatable bonds is 8. The standard InChI is InChI=1S/C25H29N3O4/c1-18-7-4-8-19(15-18)17-32-21-10-5-9-20(16-21)22(29)26-13-6-14-28-23(30)25(27-24(28)31)11-2-3-12-25/h4-5,7-10,15-16H,2-3,6,11-14,17H2,1H3,(H,26,29)(H,27,31). The third-order valence-corrected chi connectivity index (χ3v) is 6.13. The van der Waals surface area contributed by atoms with Crippen LogP contribution in [0.15, 0.2) is 48.5 Å². The molecule has 2 aromatic rings. The molecule has 1 aliphatic heterocycles. The molecule has 1 aliphatic carbocycles. The highest BCUT2D eigenvalue weighted by Gasteiger charge is 2.51. The first-order valence-corrected chi connectivity index (χ1v) is 11.2. The van der Waals surface area contributed by atoms with Gasteiger partial charge in [-0.2, -0.15) is 0 Å². The summed E-state index contributed by atoms with van der Waals surface area (Å²) in [6.45, 7) is 3.14. The maximum absolute atomic E-state index is 12.7. The van der Waals surface area contributed by atoms with Crippen molar-refractivity contribution >= 4 is 17.8 Å². The largest absolute Gasteiger partial charge is 0.489 e. The Morgan fingerprint density at radius 2 is 1.91 bits per heavy atom. The van der Waals surface area contributed by atoms with Gasteiger partial charge in [-0.25, -0.2) is 4.79 Å². The molecule has 0 unspecified atom stereocenters. The number of ether oxygens (including phenoxy) is 1. The maximum atomic E-state index is 12.7. The van der Waals surface area contributed by atoms with Crippen LogP contribution in [0, 0.1) is 6.92 Å². The molecular formula is C25H29N3O4. The molecule has 32 heavy (non-hydrogen) atoms. The molecule has 2 N–H and O–H groups in total. The number of hydrogen-bond donors (Lipinski definition) is 2. The number of imide groups is 1. The number of carbonyl (C=O) groups is 3. The summed E-state index contributed by atoms with van der Waals surface area (Å²) in [7, 11) is 0. The van der Waals surface area contributed by atoms with Crippen LogP contribution in [0.5, 0.6) is 5.75 Å². The molecule has 0 bridgehead atoms. The summed E-state index contributed by atoms with van der Waals surface area (Å²) in [4.78, 5) is 38.7.